The van der Waals surface area contributed by atoms with Crippen molar-refractivity contribution in [3.8, 4) is 5.75 Å². The zero-order valence-corrected chi connectivity index (χ0v) is 19.6. The van der Waals surface area contributed by atoms with Crippen LogP contribution in [0.5, 0.6) is 5.75 Å². The minimum Gasteiger partial charge on any atom is -0.495 e. The number of anilines is 2. The second kappa shape index (κ2) is 9.85. The van der Waals surface area contributed by atoms with Crippen LogP contribution in [0.25, 0.3) is 0 Å². The smallest absolute Gasteiger partial charge is 0.338 e. The molecule has 0 unspecified atom stereocenters. The fourth-order valence-corrected chi connectivity index (χ4v) is 4.77. The van der Waals surface area contributed by atoms with E-state index in [1.807, 2.05) is 0 Å². The van der Waals surface area contributed by atoms with Crippen LogP contribution in [-0.4, -0.2) is 37.4 Å². The van der Waals surface area contributed by atoms with Crippen LogP contribution in [-0.2, 0) is 19.1 Å². The number of rotatable bonds is 6. The summed E-state index contributed by atoms with van der Waals surface area (Å²) in [6.07, 6.45) is 2.31. The lowest BCUT2D eigenvalue weighted by Crippen LogP contribution is -2.31. The van der Waals surface area contributed by atoms with Crippen molar-refractivity contribution in [1.29, 1.82) is 0 Å². The SMILES string of the molecule is COc1ccc(Cl)cc1NC(=O)COC(=O)c1cccc(N2C(=O)[C@@H]3CC[C@@H](C)C[C@H]3C2=O)c1. The Bertz CT molecular complexity index is 1150. The molecule has 178 valence electrons. The van der Waals surface area contributed by atoms with Gasteiger partial charge in [-0.1, -0.05) is 24.6 Å². The summed E-state index contributed by atoms with van der Waals surface area (Å²) in [6.45, 7) is 1.55. The number of amides is 3. The van der Waals surface area contributed by atoms with Gasteiger partial charge in [-0.25, -0.2) is 4.79 Å². The summed E-state index contributed by atoms with van der Waals surface area (Å²) in [6, 6.07) is 10.9. The lowest BCUT2D eigenvalue weighted by atomic mass is 9.76. The minimum atomic E-state index is -0.750. The number of imide groups is 1. The third-order valence-corrected chi connectivity index (χ3v) is 6.53. The van der Waals surface area contributed by atoms with Gasteiger partial charge in [-0.05, 0) is 61.6 Å². The van der Waals surface area contributed by atoms with Crippen molar-refractivity contribution in [3.63, 3.8) is 0 Å². The lowest BCUT2D eigenvalue weighted by Gasteiger charge is -2.25. The summed E-state index contributed by atoms with van der Waals surface area (Å²) in [7, 11) is 1.46. The summed E-state index contributed by atoms with van der Waals surface area (Å²) in [4.78, 5) is 51.9. The van der Waals surface area contributed by atoms with Gasteiger partial charge < -0.3 is 14.8 Å². The van der Waals surface area contributed by atoms with Crippen LogP contribution in [0, 0.1) is 17.8 Å². The highest BCUT2D eigenvalue weighted by Crippen LogP contribution is 2.42. The number of hydrogen-bond donors (Lipinski definition) is 1. The third kappa shape index (κ3) is 4.77. The molecule has 1 heterocycles. The Morgan fingerprint density at radius 2 is 1.85 bits per heavy atom. The minimum absolute atomic E-state index is 0.134. The molecule has 0 aromatic heterocycles. The predicted octanol–water partition coefficient (Wildman–Crippen LogP) is 4.07. The van der Waals surface area contributed by atoms with Gasteiger partial charge in [0.05, 0.1) is 35.9 Å². The van der Waals surface area contributed by atoms with Crippen LogP contribution < -0.4 is 15.0 Å². The lowest BCUT2D eigenvalue weighted by molar-refractivity contribution is -0.122. The molecule has 34 heavy (non-hydrogen) atoms. The Hall–Kier alpha value is -3.39. The highest BCUT2D eigenvalue weighted by Gasteiger charge is 2.50. The molecule has 0 bridgehead atoms. The molecule has 2 aromatic rings. The van der Waals surface area contributed by atoms with Crippen molar-refractivity contribution in [3.05, 3.63) is 53.1 Å². The summed E-state index contributed by atoms with van der Waals surface area (Å²) in [5.41, 5.74) is 0.814. The molecule has 3 atom stereocenters. The van der Waals surface area contributed by atoms with Crippen molar-refractivity contribution in [1.82, 2.24) is 0 Å². The number of hydrogen-bond acceptors (Lipinski definition) is 6. The Kier molecular flexibility index (Phi) is 6.88. The molecule has 4 rings (SSSR count). The standard InChI is InChI=1S/C25H25ClN2O6/c1-14-6-8-18-19(10-14)24(31)28(23(18)30)17-5-3-4-15(11-17)25(32)34-13-22(29)27-20-12-16(26)7-9-21(20)33-2/h3-5,7,9,11-12,14,18-19H,6,8,10,13H2,1-2H3,(H,27,29)/t14-,18-,19-/m1/s1. The van der Waals surface area contributed by atoms with Crippen LogP contribution in [0.2, 0.25) is 5.02 Å². The van der Waals surface area contributed by atoms with E-state index in [1.165, 1.54) is 30.2 Å². The number of esters is 1. The number of fused-ring (bicyclic) bond motifs is 1. The van der Waals surface area contributed by atoms with E-state index < -0.39 is 18.5 Å². The molecule has 2 fully saturated rings. The molecule has 3 amide bonds. The largest absolute Gasteiger partial charge is 0.495 e. The number of benzene rings is 2. The quantitative estimate of drug-likeness (QED) is 0.490. The molecule has 1 saturated carbocycles. The summed E-state index contributed by atoms with van der Waals surface area (Å²) in [5, 5.41) is 2.99. The Morgan fingerprint density at radius 1 is 1.09 bits per heavy atom. The van der Waals surface area contributed by atoms with Gasteiger partial charge in [0.25, 0.3) is 5.91 Å². The van der Waals surface area contributed by atoms with Gasteiger partial charge in [-0.3, -0.25) is 19.3 Å². The molecule has 9 heteroatoms. The molecular weight excluding hydrogens is 460 g/mol. The molecule has 2 aromatic carbocycles. The Morgan fingerprint density at radius 3 is 2.62 bits per heavy atom. The van der Waals surface area contributed by atoms with Crippen molar-refractivity contribution >= 4 is 46.7 Å². The van der Waals surface area contributed by atoms with Crippen molar-refractivity contribution in [2.75, 3.05) is 23.9 Å². The first-order valence-corrected chi connectivity index (χ1v) is 11.4. The van der Waals surface area contributed by atoms with Gasteiger partial charge in [0.15, 0.2) is 6.61 Å². The highest BCUT2D eigenvalue weighted by atomic mass is 35.5. The zero-order chi connectivity index (χ0) is 24.4. The molecule has 8 nitrogen and oxygen atoms in total. The maximum Gasteiger partial charge on any atom is 0.338 e. The van der Waals surface area contributed by atoms with Crippen LogP contribution in [0.1, 0.15) is 36.5 Å². The first-order chi connectivity index (χ1) is 16.3. The van der Waals surface area contributed by atoms with Gasteiger partial charge in [0.2, 0.25) is 11.8 Å². The number of halogens is 1. The van der Waals surface area contributed by atoms with Gasteiger partial charge in [-0.15, -0.1) is 0 Å². The number of carbonyl (C=O) groups excluding carboxylic acids is 4. The summed E-state index contributed by atoms with van der Waals surface area (Å²) < 4.78 is 10.3. The Labute approximate surface area is 202 Å². The van der Waals surface area contributed by atoms with Crippen LogP contribution in [0.3, 0.4) is 0 Å². The van der Waals surface area contributed by atoms with E-state index in [-0.39, 0.29) is 29.2 Å². The van der Waals surface area contributed by atoms with Crippen LogP contribution in [0.15, 0.2) is 42.5 Å². The van der Waals surface area contributed by atoms with E-state index in [0.29, 0.717) is 40.9 Å². The molecule has 0 spiro atoms. The van der Waals surface area contributed by atoms with E-state index in [1.54, 1.807) is 24.3 Å². The molecular formula is C25H25ClN2O6. The van der Waals surface area contributed by atoms with Gasteiger partial charge >= 0.3 is 5.97 Å². The van der Waals surface area contributed by atoms with Gasteiger partial charge in [0.1, 0.15) is 5.75 Å². The topological polar surface area (TPSA) is 102 Å². The summed E-state index contributed by atoms with van der Waals surface area (Å²) in [5.74, 6) is -1.56. The zero-order valence-electron chi connectivity index (χ0n) is 18.9. The van der Waals surface area contributed by atoms with Gasteiger partial charge in [-0.2, -0.15) is 0 Å². The molecule has 1 N–H and O–H groups in total. The van der Waals surface area contributed by atoms with Crippen molar-refractivity contribution in [2.24, 2.45) is 17.8 Å². The molecule has 2 aliphatic rings. The fourth-order valence-electron chi connectivity index (χ4n) is 4.59. The number of ether oxygens (including phenoxy) is 2. The first-order valence-electron chi connectivity index (χ1n) is 11.1. The molecule has 1 saturated heterocycles. The number of nitrogens with one attached hydrogen (secondary N) is 1. The third-order valence-electron chi connectivity index (χ3n) is 6.30. The van der Waals surface area contributed by atoms with Gasteiger partial charge in [0, 0.05) is 5.02 Å². The van der Waals surface area contributed by atoms with Crippen LogP contribution in [0.4, 0.5) is 11.4 Å². The number of carbonyl (C=O) groups is 4. The number of nitrogens with zero attached hydrogens (tertiary/aromatic N) is 1. The van der Waals surface area contributed by atoms with E-state index in [0.717, 1.165) is 6.42 Å². The predicted molar refractivity (Wildman–Crippen MR) is 126 cm³/mol. The fraction of sp³-hybridized carbons (Fsp3) is 0.360. The Balaban J connectivity index is 1.42. The molecule has 1 aliphatic heterocycles. The van der Waals surface area contributed by atoms with E-state index in [4.69, 9.17) is 21.1 Å². The number of methoxy groups -OCH3 is 1. The van der Waals surface area contributed by atoms with Crippen LogP contribution >= 0.6 is 11.6 Å². The molecule has 0 radical (unpaired) electrons. The monoisotopic (exact) mass is 484 g/mol. The highest BCUT2D eigenvalue weighted by molar-refractivity contribution is 6.31. The van der Waals surface area contributed by atoms with Crippen molar-refractivity contribution < 1.29 is 28.7 Å². The average molecular weight is 485 g/mol. The second-order valence-corrected chi connectivity index (χ2v) is 9.10. The summed E-state index contributed by atoms with van der Waals surface area (Å²) >= 11 is 5.96. The second-order valence-electron chi connectivity index (χ2n) is 8.66. The van der Waals surface area contributed by atoms with Crippen molar-refractivity contribution in [2.45, 2.75) is 26.2 Å². The maximum absolute atomic E-state index is 13.0. The van der Waals surface area contributed by atoms with E-state index >= 15 is 0 Å². The van der Waals surface area contributed by atoms with E-state index in [9.17, 15) is 19.2 Å². The average Bonchev–Trinajstić information content (AvgIpc) is 3.07. The van der Waals surface area contributed by atoms with E-state index in [2.05, 4.69) is 12.2 Å². The normalized spacial score (nSPS) is 21.7. The maximum atomic E-state index is 13.0. The first kappa shape index (κ1) is 23.8. The molecule has 1 aliphatic carbocycles.